The number of hydrogen-bond acceptors (Lipinski definition) is 3. The Balaban J connectivity index is 1.60. The van der Waals surface area contributed by atoms with Crippen molar-refractivity contribution in [2.24, 2.45) is 11.8 Å². The van der Waals surface area contributed by atoms with Crippen LogP contribution in [0.25, 0.3) is 0 Å². The van der Waals surface area contributed by atoms with Crippen molar-refractivity contribution in [3.8, 4) is 0 Å². The Morgan fingerprint density at radius 3 is 2.62 bits per heavy atom. The molecule has 0 bridgehead atoms. The van der Waals surface area contributed by atoms with E-state index in [0.717, 1.165) is 69.8 Å². The van der Waals surface area contributed by atoms with E-state index < -0.39 is 0 Å². The predicted molar refractivity (Wildman–Crippen MR) is 131 cm³/mol. The molecule has 1 aromatic rings. The van der Waals surface area contributed by atoms with Gasteiger partial charge in [-0.15, -0.1) is 0 Å². The van der Waals surface area contributed by atoms with E-state index in [1.807, 2.05) is 43.3 Å². The van der Waals surface area contributed by atoms with E-state index in [0.29, 0.717) is 18.6 Å². The van der Waals surface area contributed by atoms with E-state index in [9.17, 15) is 14.7 Å². The van der Waals surface area contributed by atoms with Gasteiger partial charge in [-0.1, -0.05) is 87.9 Å². The number of rotatable bonds is 15. The molecule has 0 saturated heterocycles. The molecule has 178 valence electrons. The Bertz CT molecular complexity index is 700. The minimum atomic E-state index is -0.381. The number of aliphatic hydroxyl groups excluding tert-OH is 1. The molecular weight excluding hydrogens is 398 g/mol. The molecule has 0 radical (unpaired) electrons. The van der Waals surface area contributed by atoms with Crippen molar-refractivity contribution in [3.05, 3.63) is 48.0 Å². The van der Waals surface area contributed by atoms with Gasteiger partial charge < -0.3 is 10.4 Å². The van der Waals surface area contributed by atoms with Crippen LogP contribution in [0.2, 0.25) is 0 Å². The molecule has 1 aliphatic carbocycles. The maximum absolute atomic E-state index is 12.3. The van der Waals surface area contributed by atoms with Gasteiger partial charge in [0, 0.05) is 18.8 Å². The fraction of sp³-hybridized carbons (Fsp3) is 0.643. The molecular formula is C28H43NO3. The van der Waals surface area contributed by atoms with E-state index in [-0.39, 0.29) is 29.9 Å². The minimum absolute atomic E-state index is 0.0345. The van der Waals surface area contributed by atoms with Crippen molar-refractivity contribution in [3.63, 3.8) is 0 Å². The Morgan fingerprint density at radius 2 is 1.88 bits per heavy atom. The third kappa shape index (κ3) is 9.68. The molecule has 0 aromatic heterocycles. The van der Waals surface area contributed by atoms with Gasteiger partial charge in [0.15, 0.2) is 0 Å². The molecule has 4 nitrogen and oxygen atoms in total. The van der Waals surface area contributed by atoms with Gasteiger partial charge in [-0.25, -0.2) is 0 Å². The van der Waals surface area contributed by atoms with Crippen molar-refractivity contribution in [1.29, 1.82) is 0 Å². The lowest BCUT2D eigenvalue weighted by atomic mass is 9.89. The average molecular weight is 442 g/mol. The van der Waals surface area contributed by atoms with Crippen molar-refractivity contribution >= 4 is 11.7 Å². The van der Waals surface area contributed by atoms with E-state index in [1.165, 1.54) is 0 Å². The summed E-state index contributed by atoms with van der Waals surface area (Å²) in [5.41, 5.74) is 1.12. The van der Waals surface area contributed by atoms with Crippen LogP contribution < -0.4 is 5.32 Å². The number of amides is 1. The third-order valence-electron chi connectivity index (χ3n) is 6.68. The summed E-state index contributed by atoms with van der Waals surface area (Å²) in [6.45, 7) is 4.18. The van der Waals surface area contributed by atoms with Gasteiger partial charge >= 0.3 is 0 Å². The van der Waals surface area contributed by atoms with Gasteiger partial charge in [0.2, 0.25) is 5.91 Å². The molecule has 1 aliphatic rings. The maximum Gasteiger partial charge on any atom is 0.220 e. The van der Waals surface area contributed by atoms with Crippen molar-refractivity contribution in [2.45, 2.75) is 103 Å². The van der Waals surface area contributed by atoms with E-state index in [2.05, 4.69) is 18.3 Å². The van der Waals surface area contributed by atoms with Crippen LogP contribution in [0.1, 0.15) is 103 Å². The molecule has 4 heteroatoms. The highest BCUT2D eigenvalue weighted by molar-refractivity contribution is 5.83. The zero-order valence-electron chi connectivity index (χ0n) is 20.1. The highest BCUT2D eigenvalue weighted by Gasteiger charge is 2.32. The summed E-state index contributed by atoms with van der Waals surface area (Å²) >= 11 is 0. The Labute approximate surface area is 194 Å². The highest BCUT2D eigenvalue weighted by atomic mass is 16.3. The molecule has 0 spiro atoms. The van der Waals surface area contributed by atoms with E-state index in [4.69, 9.17) is 0 Å². The molecule has 1 unspecified atom stereocenters. The number of nitrogens with one attached hydrogen (secondary N) is 1. The highest BCUT2D eigenvalue weighted by Crippen LogP contribution is 2.34. The molecule has 1 saturated carbocycles. The molecule has 32 heavy (non-hydrogen) atoms. The van der Waals surface area contributed by atoms with Gasteiger partial charge in [-0.2, -0.15) is 0 Å². The number of hydrogen-bond donors (Lipinski definition) is 2. The molecule has 0 aliphatic heterocycles. The predicted octanol–water partition coefficient (Wildman–Crippen LogP) is 6.30. The van der Waals surface area contributed by atoms with Crippen LogP contribution in [0.4, 0.5) is 0 Å². The van der Waals surface area contributed by atoms with Crippen LogP contribution in [0.15, 0.2) is 42.5 Å². The van der Waals surface area contributed by atoms with Gasteiger partial charge in [-0.3, -0.25) is 9.59 Å². The quantitative estimate of drug-likeness (QED) is 0.248. The Hall–Kier alpha value is -1.94. The second kappa shape index (κ2) is 15.0. The van der Waals surface area contributed by atoms with E-state index in [1.54, 1.807) is 0 Å². The topological polar surface area (TPSA) is 66.4 Å². The average Bonchev–Trinajstić information content (AvgIpc) is 3.14. The lowest BCUT2D eigenvalue weighted by Gasteiger charge is -2.16. The molecule has 2 N–H and O–H groups in total. The first-order chi connectivity index (χ1) is 15.5. The fourth-order valence-electron chi connectivity index (χ4n) is 4.65. The number of benzene rings is 1. The van der Waals surface area contributed by atoms with Crippen molar-refractivity contribution in [1.82, 2.24) is 5.32 Å². The summed E-state index contributed by atoms with van der Waals surface area (Å²) in [4.78, 5) is 24.5. The standard InChI is InChI=1S/C28H43NO3/c1-3-4-8-15-25(30)20-18-24-19-21-27(31)26(24)16-11-5-6-12-17-28(32)29-22(2)23-13-9-7-10-14-23/h7,9-10,13-14,18,20,22,24-26,30H,3-6,8,11-12,15-17,19,21H2,1-2H3,(H,29,32)/b20-18+/t22?,24-,25-,26+/m0/s1. The van der Waals surface area contributed by atoms with Gasteiger partial charge in [0.1, 0.15) is 5.78 Å². The van der Waals surface area contributed by atoms with Crippen LogP contribution >= 0.6 is 0 Å². The van der Waals surface area contributed by atoms with Crippen molar-refractivity contribution in [2.75, 3.05) is 0 Å². The number of carbonyl (C=O) groups excluding carboxylic acids is 2. The fourth-order valence-corrected chi connectivity index (χ4v) is 4.65. The minimum Gasteiger partial charge on any atom is -0.389 e. The number of Topliss-reactive ketones (excluding diaryl/α,β-unsaturated/α-hetero) is 1. The zero-order valence-corrected chi connectivity index (χ0v) is 20.1. The van der Waals surface area contributed by atoms with Crippen LogP contribution in [-0.4, -0.2) is 22.9 Å². The number of allylic oxidation sites excluding steroid dienone is 1. The lowest BCUT2D eigenvalue weighted by Crippen LogP contribution is -2.26. The largest absolute Gasteiger partial charge is 0.389 e. The third-order valence-corrected chi connectivity index (χ3v) is 6.68. The normalized spacial score (nSPS) is 20.5. The number of carbonyl (C=O) groups is 2. The molecule has 4 atom stereocenters. The molecule has 2 rings (SSSR count). The molecule has 1 amide bonds. The Morgan fingerprint density at radius 1 is 1.12 bits per heavy atom. The monoisotopic (exact) mass is 441 g/mol. The number of aliphatic hydroxyl groups is 1. The summed E-state index contributed by atoms with van der Waals surface area (Å²) < 4.78 is 0. The second-order valence-corrected chi connectivity index (χ2v) is 9.38. The van der Waals surface area contributed by atoms with Crippen LogP contribution in [-0.2, 0) is 9.59 Å². The SMILES string of the molecule is CCCCC[C@H](O)/C=C/[C@H]1CCC(=O)[C@@H]1CCCCCCC(=O)NC(C)c1ccccc1. The van der Waals surface area contributed by atoms with Gasteiger partial charge in [0.05, 0.1) is 12.1 Å². The van der Waals surface area contributed by atoms with Gasteiger partial charge in [0.25, 0.3) is 0 Å². The smallest absolute Gasteiger partial charge is 0.220 e. The Kier molecular flexibility index (Phi) is 12.3. The first-order valence-corrected chi connectivity index (χ1v) is 12.7. The van der Waals surface area contributed by atoms with Crippen LogP contribution in [0, 0.1) is 11.8 Å². The zero-order chi connectivity index (χ0) is 23.2. The van der Waals surface area contributed by atoms with Gasteiger partial charge in [-0.05, 0) is 44.1 Å². The molecule has 0 heterocycles. The van der Waals surface area contributed by atoms with Crippen LogP contribution in [0.5, 0.6) is 0 Å². The molecule has 1 aromatic carbocycles. The summed E-state index contributed by atoms with van der Waals surface area (Å²) in [5.74, 6) is 0.891. The first-order valence-electron chi connectivity index (χ1n) is 12.7. The lowest BCUT2D eigenvalue weighted by molar-refractivity contribution is -0.122. The number of ketones is 1. The summed E-state index contributed by atoms with van der Waals surface area (Å²) in [5, 5.41) is 13.2. The summed E-state index contributed by atoms with van der Waals surface area (Å²) in [7, 11) is 0. The maximum atomic E-state index is 12.3. The summed E-state index contributed by atoms with van der Waals surface area (Å²) in [6.07, 6.45) is 14.9. The first kappa shape index (κ1) is 26.3. The van der Waals surface area contributed by atoms with Crippen molar-refractivity contribution < 1.29 is 14.7 Å². The molecule has 1 fully saturated rings. The number of unbranched alkanes of at least 4 members (excludes halogenated alkanes) is 5. The van der Waals surface area contributed by atoms with Crippen LogP contribution in [0.3, 0.4) is 0 Å². The second-order valence-electron chi connectivity index (χ2n) is 9.38. The summed E-state index contributed by atoms with van der Waals surface area (Å²) in [6, 6.07) is 10.1. The van der Waals surface area contributed by atoms with E-state index >= 15 is 0 Å².